The molecule has 1 aromatic heterocycles. The zero-order valence-electron chi connectivity index (χ0n) is 15.7. The lowest BCUT2D eigenvalue weighted by Crippen LogP contribution is -2.37. The Morgan fingerprint density at radius 2 is 1.88 bits per heavy atom. The molecule has 0 bridgehead atoms. The van der Waals surface area contributed by atoms with Gasteiger partial charge in [0.25, 0.3) is 0 Å². The number of anilines is 1. The van der Waals surface area contributed by atoms with Gasteiger partial charge < -0.3 is 9.64 Å². The van der Waals surface area contributed by atoms with E-state index in [1.807, 2.05) is 0 Å². The standard InChI is InChI=1S/C22H29N3O/c1-18-15-22(24-11-13-26-14-12-24)23-16-20(18)21-9-5-6-10-25(21)17-19-7-3-2-4-8-19/h2-4,7-8,15-16,21H,5-6,9-14,17H2,1H3/t21-/m1/s1. The molecule has 1 atom stereocenters. The summed E-state index contributed by atoms with van der Waals surface area (Å²) in [6.45, 7) is 7.92. The zero-order valence-corrected chi connectivity index (χ0v) is 15.7. The summed E-state index contributed by atoms with van der Waals surface area (Å²) in [5.74, 6) is 1.10. The van der Waals surface area contributed by atoms with Crippen molar-refractivity contribution in [2.75, 3.05) is 37.7 Å². The van der Waals surface area contributed by atoms with Crippen molar-refractivity contribution >= 4 is 5.82 Å². The molecule has 2 saturated heterocycles. The fraction of sp³-hybridized carbons (Fsp3) is 0.500. The van der Waals surface area contributed by atoms with Gasteiger partial charge in [0.2, 0.25) is 0 Å². The number of hydrogen-bond donors (Lipinski definition) is 0. The number of piperidine rings is 1. The first-order chi connectivity index (χ1) is 12.8. The minimum Gasteiger partial charge on any atom is -0.378 e. The fourth-order valence-electron chi connectivity index (χ4n) is 4.22. The van der Waals surface area contributed by atoms with Crippen molar-refractivity contribution in [3.05, 3.63) is 59.3 Å². The SMILES string of the molecule is Cc1cc(N2CCOCC2)ncc1[C@H]1CCCCN1Cc1ccccc1. The zero-order chi connectivity index (χ0) is 17.8. The third-order valence-electron chi connectivity index (χ3n) is 5.67. The summed E-state index contributed by atoms with van der Waals surface area (Å²) in [7, 11) is 0. The van der Waals surface area contributed by atoms with E-state index in [1.54, 1.807) is 0 Å². The van der Waals surface area contributed by atoms with Crippen LogP contribution in [0.1, 0.15) is 42.0 Å². The number of pyridine rings is 1. The van der Waals surface area contributed by atoms with Crippen LogP contribution in [0, 0.1) is 6.92 Å². The second kappa shape index (κ2) is 8.19. The fourth-order valence-corrected chi connectivity index (χ4v) is 4.22. The molecular formula is C22H29N3O. The number of morpholine rings is 1. The maximum absolute atomic E-state index is 5.46. The van der Waals surface area contributed by atoms with Gasteiger partial charge in [-0.3, -0.25) is 4.90 Å². The lowest BCUT2D eigenvalue weighted by atomic mass is 9.93. The first-order valence-corrected chi connectivity index (χ1v) is 9.88. The number of benzene rings is 1. The number of aromatic nitrogens is 1. The Kier molecular flexibility index (Phi) is 5.51. The summed E-state index contributed by atoms with van der Waals surface area (Å²) in [5.41, 5.74) is 4.17. The van der Waals surface area contributed by atoms with Crippen LogP contribution < -0.4 is 4.90 Å². The van der Waals surface area contributed by atoms with Gasteiger partial charge in [-0.2, -0.15) is 0 Å². The predicted octanol–water partition coefficient (Wildman–Crippen LogP) is 3.95. The van der Waals surface area contributed by atoms with E-state index in [4.69, 9.17) is 9.72 Å². The summed E-state index contributed by atoms with van der Waals surface area (Å²) in [6, 6.07) is 13.6. The number of rotatable bonds is 4. The molecule has 26 heavy (non-hydrogen) atoms. The lowest BCUT2D eigenvalue weighted by molar-refractivity contribution is 0.122. The molecule has 0 saturated carbocycles. The molecule has 4 nitrogen and oxygen atoms in total. The molecule has 4 heteroatoms. The highest BCUT2D eigenvalue weighted by Crippen LogP contribution is 2.34. The van der Waals surface area contributed by atoms with E-state index in [-0.39, 0.29) is 0 Å². The van der Waals surface area contributed by atoms with Crippen molar-refractivity contribution in [2.24, 2.45) is 0 Å². The molecule has 2 aliphatic rings. The molecule has 1 aromatic carbocycles. The van der Waals surface area contributed by atoms with Gasteiger partial charge in [0, 0.05) is 31.9 Å². The van der Waals surface area contributed by atoms with E-state index in [0.29, 0.717) is 6.04 Å². The Hall–Kier alpha value is -1.91. The third-order valence-corrected chi connectivity index (χ3v) is 5.67. The van der Waals surface area contributed by atoms with Crippen LogP contribution in [0.3, 0.4) is 0 Å². The van der Waals surface area contributed by atoms with Gasteiger partial charge in [-0.05, 0) is 49.1 Å². The van der Waals surface area contributed by atoms with E-state index >= 15 is 0 Å². The van der Waals surface area contributed by atoms with Crippen LogP contribution >= 0.6 is 0 Å². The van der Waals surface area contributed by atoms with Crippen LogP contribution in [0.4, 0.5) is 5.82 Å². The molecule has 0 N–H and O–H groups in total. The van der Waals surface area contributed by atoms with Gasteiger partial charge >= 0.3 is 0 Å². The summed E-state index contributed by atoms with van der Waals surface area (Å²) in [6.07, 6.45) is 5.96. The maximum Gasteiger partial charge on any atom is 0.128 e. The van der Waals surface area contributed by atoms with Gasteiger partial charge in [0.15, 0.2) is 0 Å². The summed E-state index contributed by atoms with van der Waals surface area (Å²) in [5, 5.41) is 0. The molecule has 138 valence electrons. The molecule has 0 radical (unpaired) electrons. The molecule has 4 rings (SSSR count). The van der Waals surface area contributed by atoms with Gasteiger partial charge in [-0.15, -0.1) is 0 Å². The smallest absolute Gasteiger partial charge is 0.128 e. The molecule has 2 fully saturated rings. The average Bonchev–Trinajstić information content (AvgIpc) is 2.70. The highest BCUT2D eigenvalue weighted by molar-refractivity contribution is 5.44. The van der Waals surface area contributed by atoms with Gasteiger partial charge in [-0.25, -0.2) is 4.98 Å². The Morgan fingerprint density at radius 1 is 1.08 bits per heavy atom. The second-order valence-electron chi connectivity index (χ2n) is 7.47. The number of likely N-dealkylation sites (tertiary alicyclic amines) is 1. The first-order valence-electron chi connectivity index (χ1n) is 9.88. The van der Waals surface area contributed by atoms with Crippen LogP contribution in [0.5, 0.6) is 0 Å². The van der Waals surface area contributed by atoms with Crippen molar-refractivity contribution in [1.29, 1.82) is 0 Å². The van der Waals surface area contributed by atoms with Crippen molar-refractivity contribution in [2.45, 2.75) is 38.8 Å². The third kappa shape index (κ3) is 3.92. The number of nitrogens with zero attached hydrogens (tertiary/aromatic N) is 3. The molecule has 2 aromatic rings. The van der Waals surface area contributed by atoms with Crippen LogP contribution in [0.15, 0.2) is 42.6 Å². The second-order valence-corrected chi connectivity index (χ2v) is 7.47. The summed E-state index contributed by atoms with van der Waals surface area (Å²) < 4.78 is 5.46. The van der Waals surface area contributed by atoms with Crippen molar-refractivity contribution in [3.63, 3.8) is 0 Å². The highest BCUT2D eigenvalue weighted by Gasteiger charge is 2.26. The van der Waals surface area contributed by atoms with Crippen molar-refractivity contribution < 1.29 is 4.74 Å². The topological polar surface area (TPSA) is 28.6 Å². The van der Waals surface area contributed by atoms with Crippen molar-refractivity contribution in [3.8, 4) is 0 Å². The number of hydrogen-bond acceptors (Lipinski definition) is 4. The Morgan fingerprint density at radius 3 is 2.65 bits per heavy atom. The van der Waals surface area contributed by atoms with Crippen LogP contribution in [-0.4, -0.2) is 42.7 Å². The molecule has 2 aliphatic heterocycles. The van der Waals surface area contributed by atoms with Gasteiger partial charge in [0.05, 0.1) is 13.2 Å². The average molecular weight is 351 g/mol. The van der Waals surface area contributed by atoms with Crippen LogP contribution in [0.25, 0.3) is 0 Å². The Bertz CT molecular complexity index is 713. The lowest BCUT2D eigenvalue weighted by Gasteiger charge is -2.37. The van der Waals surface area contributed by atoms with E-state index in [9.17, 15) is 0 Å². The molecule has 0 amide bonds. The maximum atomic E-state index is 5.46. The largest absolute Gasteiger partial charge is 0.378 e. The van der Waals surface area contributed by atoms with E-state index < -0.39 is 0 Å². The van der Waals surface area contributed by atoms with E-state index in [2.05, 4.69) is 59.3 Å². The quantitative estimate of drug-likeness (QED) is 0.834. The summed E-state index contributed by atoms with van der Waals surface area (Å²) in [4.78, 5) is 9.80. The molecule has 3 heterocycles. The van der Waals surface area contributed by atoms with Crippen LogP contribution in [0.2, 0.25) is 0 Å². The minimum atomic E-state index is 0.482. The Labute approximate surface area is 156 Å². The van der Waals surface area contributed by atoms with E-state index in [0.717, 1.165) is 38.7 Å². The molecular weight excluding hydrogens is 322 g/mol. The number of aryl methyl sites for hydroxylation is 1. The number of ether oxygens (including phenoxy) is 1. The first kappa shape index (κ1) is 17.5. The van der Waals surface area contributed by atoms with Gasteiger partial charge in [0.1, 0.15) is 5.82 Å². The predicted molar refractivity (Wildman–Crippen MR) is 105 cm³/mol. The van der Waals surface area contributed by atoms with Crippen LogP contribution in [-0.2, 0) is 11.3 Å². The Balaban J connectivity index is 1.54. The monoisotopic (exact) mass is 351 g/mol. The minimum absolute atomic E-state index is 0.482. The molecule has 0 spiro atoms. The molecule has 0 unspecified atom stereocenters. The molecule has 0 aliphatic carbocycles. The normalized spacial score (nSPS) is 21.7. The van der Waals surface area contributed by atoms with Gasteiger partial charge in [-0.1, -0.05) is 36.8 Å². The van der Waals surface area contributed by atoms with Crippen molar-refractivity contribution in [1.82, 2.24) is 9.88 Å². The summed E-state index contributed by atoms with van der Waals surface area (Å²) >= 11 is 0. The highest BCUT2D eigenvalue weighted by atomic mass is 16.5. The van der Waals surface area contributed by atoms with E-state index in [1.165, 1.54) is 42.5 Å².